The lowest BCUT2D eigenvalue weighted by Crippen LogP contribution is -2.54. The number of allylic oxidation sites excluding steroid dienone is 1. The zero-order valence-corrected chi connectivity index (χ0v) is 41.2. The van der Waals surface area contributed by atoms with Crippen LogP contribution in [0, 0.1) is 5.92 Å². The molecule has 3 aromatic heterocycles. The van der Waals surface area contributed by atoms with Crippen LogP contribution in [0.15, 0.2) is 151 Å². The summed E-state index contributed by atoms with van der Waals surface area (Å²) in [4.78, 5) is 0. The smallest absolute Gasteiger partial charge is 0.304 e. The van der Waals surface area contributed by atoms with E-state index in [9.17, 15) is 0 Å². The average molecular weight is 882 g/mol. The number of hydrogen-bond donors (Lipinski definition) is 0. The van der Waals surface area contributed by atoms with E-state index in [1.54, 1.807) is 5.19 Å². The normalized spacial score (nSPS) is 16.0. The number of hydrogen-bond acceptors (Lipinski definition) is 1. The maximum atomic E-state index is 7.17. The minimum absolute atomic E-state index is 0.0452. The van der Waals surface area contributed by atoms with Gasteiger partial charge in [-0.3, -0.25) is 0 Å². The number of rotatable bonds is 7. The second-order valence-corrected chi connectivity index (χ2v) is 26.3. The third-order valence-electron chi connectivity index (χ3n) is 14.7. The van der Waals surface area contributed by atoms with Crippen LogP contribution in [-0.4, -0.2) is 12.6 Å². The van der Waals surface area contributed by atoms with Gasteiger partial charge >= 0.3 is 5.82 Å². The Morgan fingerprint density at radius 3 is 2.14 bits per heavy atom. The predicted molar refractivity (Wildman–Crippen MR) is 279 cm³/mol. The highest BCUT2D eigenvalue weighted by atomic mass is 28.3. The summed E-state index contributed by atoms with van der Waals surface area (Å²) in [5.74, 6) is 2.33. The van der Waals surface area contributed by atoms with Gasteiger partial charge in [0.1, 0.15) is 16.8 Å². The fourth-order valence-electron chi connectivity index (χ4n) is 11.7. The Hall–Kier alpha value is -6.30. The lowest BCUT2D eigenvalue weighted by atomic mass is 9.78. The molecule has 2 atom stereocenters. The second-order valence-electron chi connectivity index (χ2n) is 21.3. The van der Waals surface area contributed by atoms with Crippen molar-refractivity contribution in [2.45, 2.75) is 104 Å². The van der Waals surface area contributed by atoms with Crippen LogP contribution >= 0.6 is 0 Å². The molecule has 0 saturated heterocycles. The third-order valence-corrected chi connectivity index (χ3v) is 16.8. The Morgan fingerprint density at radius 2 is 1.41 bits per heavy atom. The van der Waals surface area contributed by atoms with Crippen LogP contribution in [0.4, 0.5) is 0 Å². The van der Waals surface area contributed by atoms with Crippen molar-refractivity contribution < 1.29 is 13.6 Å². The second kappa shape index (κ2) is 15.9. The molecule has 0 saturated carbocycles. The Labute approximate surface area is 391 Å². The van der Waals surface area contributed by atoms with Gasteiger partial charge in [-0.1, -0.05) is 152 Å². The summed E-state index contributed by atoms with van der Waals surface area (Å²) in [7, 11) is -1.80. The lowest BCUT2D eigenvalue weighted by molar-refractivity contribution is -0.704. The number of pyridine rings is 1. The summed E-state index contributed by atoms with van der Waals surface area (Å²) in [5.41, 5.74) is 19.7. The van der Waals surface area contributed by atoms with Crippen molar-refractivity contribution in [3.05, 3.63) is 174 Å². The van der Waals surface area contributed by atoms with Gasteiger partial charge in [0.15, 0.2) is 28.5 Å². The zero-order chi connectivity index (χ0) is 45.8. The summed E-state index contributed by atoms with van der Waals surface area (Å²) in [6, 6.07) is 50.0. The van der Waals surface area contributed by atoms with Crippen LogP contribution < -0.4 is 14.3 Å². The van der Waals surface area contributed by atoms with E-state index in [-0.39, 0.29) is 23.8 Å². The first-order chi connectivity index (χ1) is 31.8. The van der Waals surface area contributed by atoms with Gasteiger partial charge < -0.3 is 4.42 Å². The molecule has 6 aromatic carbocycles. The largest absolute Gasteiger partial charge is 0.455 e. The van der Waals surface area contributed by atoms with Crippen molar-refractivity contribution >= 4 is 51.9 Å². The third kappa shape index (κ3) is 6.67. The van der Waals surface area contributed by atoms with E-state index in [4.69, 9.17) is 11.0 Å². The van der Waals surface area contributed by atoms with Crippen LogP contribution in [0.5, 0.6) is 0 Å². The molecule has 0 bridgehead atoms. The van der Waals surface area contributed by atoms with Gasteiger partial charge in [-0.15, -0.1) is 0 Å². The summed E-state index contributed by atoms with van der Waals surface area (Å²) in [6.07, 6.45) is 5.51. The minimum Gasteiger partial charge on any atom is -0.455 e. The molecule has 0 aliphatic carbocycles. The van der Waals surface area contributed by atoms with E-state index in [0.29, 0.717) is 5.92 Å². The van der Waals surface area contributed by atoms with Crippen molar-refractivity contribution in [1.82, 2.24) is 4.57 Å². The first-order valence-corrected chi connectivity index (χ1v) is 27.9. The molecule has 330 valence electrons. The van der Waals surface area contributed by atoms with Gasteiger partial charge in [0.2, 0.25) is 11.7 Å². The Kier molecular flexibility index (Phi) is 10.2. The van der Waals surface area contributed by atoms with Gasteiger partial charge in [0.25, 0.3) is 0 Å². The van der Waals surface area contributed by atoms with Gasteiger partial charge in [-0.05, 0) is 108 Å². The lowest BCUT2D eigenvalue weighted by Gasteiger charge is -2.32. The molecule has 9 aromatic rings. The Balaban J connectivity index is 1.31. The van der Waals surface area contributed by atoms with E-state index in [1.165, 1.54) is 55.9 Å². The molecular weight excluding hydrogens is 819 g/mol. The molecule has 2 unspecified atom stereocenters. The van der Waals surface area contributed by atoms with E-state index in [1.807, 2.05) is 0 Å². The first-order valence-electron chi connectivity index (χ1n) is 24.4. The highest BCUT2D eigenvalue weighted by Crippen LogP contribution is 2.50. The van der Waals surface area contributed by atoms with Crippen molar-refractivity contribution in [1.29, 1.82) is 0 Å². The number of aryl methyl sites for hydroxylation is 1. The van der Waals surface area contributed by atoms with Crippen LogP contribution in [0.3, 0.4) is 0 Å². The number of aromatic nitrogens is 3. The zero-order valence-electron chi connectivity index (χ0n) is 40.2. The van der Waals surface area contributed by atoms with Crippen LogP contribution in [0.1, 0.15) is 99.6 Å². The summed E-state index contributed by atoms with van der Waals surface area (Å²) < 4.78 is 15.1. The van der Waals surface area contributed by atoms with Crippen molar-refractivity contribution in [3.63, 3.8) is 0 Å². The van der Waals surface area contributed by atoms with Crippen molar-refractivity contribution in [2.24, 2.45) is 5.92 Å². The number of para-hydroxylation sites is 3. The number of fused-ring (bicyclic) bond motifs is 15. The van der Waals surface area contributed by atoms with E-state index in [0.717, 1.165) is 69.3 Å². The van der Waals surface area contributed by atoms with E-state index < -0.39 is 8.07 Å². The van der Waals surface area contributed by atoms with Crippen LogP contribution in [0.25, 0.3) is 78.1 Å². The quantitative estimate of drug-likeness (QED) is 0.116. The molecule has 2 aliphatic heterocycles. The topological polar surface area (TPSA) is 25.8 Å². The Bertz CT molecular complexity index is 3370. The van der Waals surface area contributed by atoms with Crippen LogP contribution in [-0.2, 0) is 12.8 Å². The fraction of sp³-hybridized carbons (Fsp3) is 0.279. The maximum Gasteiger partial charge on any atom is 0.304 e. The highest BCUT2D eigenvalue weighted by molar-refractivity contribution is 6.89. The number of benzene rings is 6. The summed E-state index contributed by atoms with van der Waals surface area (Å²) >= 11 is 0. The van der Waals surface area contributed by atoms with Crippen molar-refractivity contribution in [3.8, 4) is 39.5 Å². The molecule has 0 fully saturated rings. The maximum absolute atomic E-state index is 7.17. The predicted octanol–water partition coefficient (Wildman–Crippen LogP) is 14.9. The number of imidazole rings is 1. The monoisotopic (exact) mass is 881 g/mol. The Morgan fingerprint density at radius 1 is 0.727 bits per heavy atom. The molecule has 2 aliphatic rings. The van der Waals surface area contributed by atoms with Gasteiger partial charge in [0.05, 0.1) is 14.0 Å². The van der Waals surface area contributed by atoms with Gasteiger partial charge in [-0.2, -0.15) is 13.7 Å². The van der Waals surface area contributed by atoms with E-state index >= 15 is 0 Å². The molecule has 5 heteroatoms. The molecule has 4 nitrogen and oxygen atoms in total. The first kappa shape index (κ1) is 42.3. The molecule has 0 spiro atoms. The molecule has 11 rings (SSSR count). The van der Waals surface area contributed by atoms with Gasteiger partial charge in [-0.25, -0.2) is 0 Å². The van der Waals surface area contributed by atoms with Gasteiger partial charge in [0, 0.05) is 38.7 Å². The highest BCUT2D eigenvalue weighted by Gasteiger charge is 2.49. The van der Waals surface area contributed by atoms with Crippen LogP contribution in [0.2, 0.25) is 19.6 Å². The SMILES string of the molecule is C=C1C2C(CCc3ccc4c(oc5ccccc54)c3-c3n1c1ccccc1[n+]3-c1c(C(C)C)cc(-c3ccccc3)cc1C(C)C)c1ccccc1-c1cc(CC(C)C)c([Si](C)(C)C)c[n+]12. The minimum atomic E-state index is -1.80. The molecule has 0 amide bonds. The summed E-state index contributed by atoms with van der Waals surface area (Å²) in [5, 5.41) is 3.83. The summed E-state index contributed by atoms with van der Waals surface area (Å²) in [6.45, 7) is 27.1. The number of furan rings is 1. The molecule has 0 radical (unpaired) electrons. The average Bonchev–Trinajstić information content (AvgIpc) is 3.86. The van der Waals surface area contributed by atoms with Crippen molar-refractivity contribution in [2.75, 3.05) is 0 Å². The molecule has 0 N–H and O–H groups in total. The molecular formula is C61H63N3OSi+2. The molecule has 5 heterocycles. The molecule has 66 heavy (non-hydrogen) atoms. The van der Waals surface area contributed by atoms with E-state index in [2.05, 4.69) is 215 Å². The number of nitrogens with zero attached hydrogens (tertiary/aromatic N) is 3. The fourth-order valence-corrected chi connectivity index (χ4v) is 13.4. The standard InChI is InChI=1S/C61H63N3OSi/c1-37(2)32-44-35-54-46-23-15-14-22-45(46)48-30-28-42-29-31-49-47-24-16-19-27-55(47)65-60(49)57(42)61-63(40(7)58(48)62(54)36-56(44)66(8,9)10)52-25-17-18-26-53(52)64(61)59-50(38(3)4)33-43(34-51(59)39(5)6)41-20-12-11-13-21-41/h11-27,29,31,33-39,48,58H,7,28,30,32H2,1-6,8-10H3/q+2.